The maximum Gasteiger partial charge on any atom is 0.253 e. The van der Waals surface area contributed by atoms with E-state index in [4.69, 9.17) is 0 Å². The van der Waals surface area contributed by atoms with Crippen LogP contribution < -0.4 is 0 Å². The summed E-state index contributed by atoms with van der Waals surface area (Å²) < 4.78 is 1.08. The number of carbonyl (C=O) groups is 1. The molecule has 0 N–H and O–H groups in total. The lowest BCUT2D eigenvalue weighted by atomic mass is 10.1. The number of amides is 1. The number of rotatable bonds is 3. The number of nitrogens with zero attached hydrogens (tertiary/aromatic N) is 1. The van der Waals surface area contributed by atoms with Crippen molar-refractivity contribution in [3.8, 4) is 0 Å². The van der Waals surface area contributed by atoms with Gasteiger partial charge in [-0.2, -0.15) is 0 Å². The fraction of sp³-hybridized carbons (Fsp3) is 0.133. The van der Waals surface area contributed by atoms with Gasteiger partial charge in [-0.25, -0.2) is 0 Å². The molecule has 92 valence electrons. The molecule has 0 heterocycles. The van der Waals surface area contributed by atoms with E-state index in [-0.39, 0.29) is 5.91 Å². The van der Waals surface area contributed by atoms with Gasteiger partial charge < -0.3 is 4.90 Å². The first-order chi connectivity index (χ1) is 8.66. The zero-order valence-corrected chi connectivity index (χ0v) is 12.3. The molecule has 0 radical (unpaired) electrons. The molecule has 0 unspecified atom stereocenters. The van der Waals surface area contributed by atoms with Crippen molar-refractivity contribution in [2.24, 2.45) is 0 Å². The quantitative estimate of drug-likeness (QED) is 0.775. The standard InChI is InChI=1S/C15H14INO/c1-17(11-12-6-3-2-4-7-12)15(18)13-8-5-9-14(16)10-13/h2-10H,11H2,1H3. The van der Waals surface area contributed by atoms with Crippen LogP contribution in [0.15, 0.2) is 54.6 Å². The molecule has 1 amide bonds. The van der Waals surface area contributed by atoms with Crippen LogP contribution in [0.25, 0.3) is 0 Å². The van der Waals surface area contributed by atoms with Gasteiger partial charge >= 0.3 is 0 Å². The van der Waals surface area contributed by atoms with Crippen LogP contribution in [0.4, 0.5) is 0 Å². The summed E-state index contributed by atoms with van der Waals surface area (Å²) in [5.74, 6) is 0.0531. The molecule has 0 atom stereocenters. The minimum Gasteiger partial charge on any atom is -0.337 e. The average Bonchev–Trinajstić information content (AvgIpc) is 2.39. The Hall–Kier alpha value is -1.36. The maximum atomic E-state index is 12.2. The molecule has 0 spiro atoms. The SMILES string of the molecule is CN(Cc1ccccc1)C(=O)c1cccc(I)c1. The third kappa shape index (κ3) is 3.32. The molecule has 2 nitrogen and oxygen atoms in total. The van der Waals surface area contributed by atoms with Gasteiger partial charge in [-0.3, -0.25) is 4.79 Å². The Morgan fingerprint density at radius 1 is 1.11 bits per heavy atom. The van der Waals surface area contributed by atoms with Gasteiger partial charge in [-0.1, -0.05) is 36.4 Å². The number of halogens is 1. The lowest BCUT2D eigenvalue weighted by Gasteiger charge is -2.17. The van der Waals surface area contributed by atoms with Gasteiger partial charge in [0.05, 0.1) is 0 Å². The molecule has 0 aromatic heterocycles. The largest absolute Gasteiger partial charge is 0.337 e. The van der Waals surface area contributed by atoms with E-state index in [1.54, 1.807) is 4.90 Å². The van der Waals surface area contributed by atoms with Crippen molar-refractivity contribution in [3.63, 3.8) is 0 Å². The predicted molar refractivity (Wildman–Crippen MR) is 81.4 cm³/mol. The van der Waals surface area contributed by atoms with E-state index in [1.165, 1.54) is 0 Å². The summed E-state index contributed by atoms with van der Waals surface area (Å²) >= 11 is 2.22. The normalized spacial score (nSPS) is 10.1. The lowest BCUT2D eigenvalue weighted by Crippen LogP contribution is -2.26. The van der Waals surface area contributed by atoms with E-state index >= 15 is 0 Å². The van der Waals surface area contributed by atoms with Crippen molar-refractivity contribution >= 4 is 28.5 Å². The molecule has 3 heteroatoms. The summed E-state index contributed by atoms with van der Waals surface area (Å²) in [6.45, 7) is 0.630. The highest BCUT2D eigenvalue weighted by Gasteiger charge is 2.11. The van der Waals surface area contributed by atoms with Crippen molar-refractivity contribution in [2.75, 3.05) is 7.05 Å². The second-order valence-corrected chi connectivity index (χ2v) is 5.40. The van der Waals surface area contributed by atoms with E-state index in [0.29, 0.717) is 6.54 Å². The highest BCUT2D eigenvalue weighted by atomic mass is 127. The summed E-state index contributed by atoms with van der Waals surface area (Å²) in [5.41, 5.74) is 1.87. The van der Waals surface area contributed by atoms with Gasteiger partial charge in [0.2, 0.25) is 0 Å². The molecule has 0 saturated heterocycles. The summed E-state index contributed by atoms with van der Waals surface area (Å²) in [6, 6.07) is 17.6. The Kier molecular flexibility index (Phi) is 4.36. The Morgan fingerprint density at radius 2 is 1.83 bits per heavy atom. The minimum atomic E-state index is 0.0531. The number of carbonyl (C=O) groups excluding carboxylic acids is 1. The number of benzene rings is 2. The Morgan fingerprint density at radius 3 is 2.50 bits per heavy atom. The third-order valence-corrected chi connectivity index (χ3v) is 3.35. The summed E-state index contributed by atoms with van der Waals surface area (Å²) in [6.07, 6.45) is 0. The van der Waals surface area contributed by atoms with Gasteiger partial charge in [-0.15, -0.1) is 0 Å². The molecule has 2 aromatic carbocycles. The van der Waals surface area contributed by atoms with Crippen molar-refractivity contribution in [1.29, 1.82) is 0 Å². The first-order valence-corrected chi connectivity index (χ1v) is 6.79. The van der Waals surface area contributed by atoms with Crippen LogP contribution >= 0.6 is 22.6 Å². The van der Waals surface area contributed by atoms with Gasteiger partial charge in [0.25, 0.3) is 5.91 Å². The summed E-state index contributed by atoms with van der Waals surface area (Å²) in [5, 5.41) is 0. The van der Waals surface area contributed by atoms with E-state index < -0.39 is 0 Å². The van der Waals surface area contributed by atoms with E-state index in [9.17, 15) is 4.79 Å². The lowest BCUT2D eigenvalue weighted by molar-refractivity contribution is 0.0785. The zero-order valence-electron chi connectivity index (χ0n) is 10.1. The Labute approximate surface area is 121 Å². The van der Waals surface area contributed by atoms with Gasteiger partial charge in [0.1, 0.15) is 0 Å². The average molecular weight is 351 g/mol. The van der Waals surface area contributed by atoms with Crippen LogP contribution in [0.2, 0.25) is 0 Å². The van der Waals surface area contributed by atoms with Crippen molar-refractivity contribution in [2.45, 2.75) is 6.54 Å². The third-order valence-electron chi connectivity index (χ3n) is 2.68. The second kappa shape index (κ2) is 6.00. The van der Waals surface area contributed by atoms with Crippen LogP contribution in [0, 0.1) is 3.57 Å². The van der Waals surface area contributed by atoms with Gasteiger partial charge in [0, 0.05) is 22.7 Å². The molecular weight excluding hydrogens is 337 g/mol. The Bertz CT molecular complexity index is 539. The molecule has 0 fully saturated rings. The van der Waals surface area contributed by atoms with E-state index in [1.807, 2.05) is 61.6 Å². The molecule has 18 heavy (non-hydrogen) atoms. The fourth-order valence-electron chi connectivity index (χ4n) is 1.77. The van der Waals surface area contributed by atoms with E-state index in [0.717, 1.165) is 14.7 Å². The molecule has 0 aliphatic heterocycles. The molecule has 0 aliphatic carbocycles. The first kappa shape index (κ1) is 13.1. The molecule has 2 rings (SSSR count). The topological polar surface area (TPSA) is 20.3 Å². The Balaban J connectivity index is 2.10. The maximum absolute atomic E-state index is 12.2. The van der Waals surface area contributed by atoms with Crippen LogP contribution in [-0.4, -0.2) is 17.9 Å². The molecule has 0 saturated carbocycles. The number of hydrogen-bond donors (Lipinski definition) is 0. The van der Waals surface area contributed by atoms with Crippen LogP contribution in [0.3, 0.4) is 0 Å². The highest BCUT2D eigenvalue weighted by molar-refractivity contribution is 14.1. The monoisotopic (exact) mass is 351 g/mol. The van der Waals surface area contributed by atoms with Crippen molar-refractivity contribution < 1.29 is 4.79 Å². The summed E-state index contributed by atoms with van der Waals surface area (Å²) in [7, 11) is 1.83. The fourth-order valence-corrected chi connectivity index (χ4v) is 2.31. The smallest absolute Gasteiger partial charge is 0.253 e. The second-order valence-electron chi connectivity index (χ2n) is 4.16. The van der Waals surface area contributed by atoms with Gasteiger partial charge in [0.15, 0.2) is 0 Å². The van der Waals surface area contributed by atoms with Crippen molar-refractivity contribution in [1.82, 2.24) is 4.90 Å². The zero-order chi connectivity index (χ0) is 13.0. The van der Waals surface area contributed by atoms with Gasteiger partial charge in [-0.05, 0) is 46.4 Å². The van der Waals surface area contributed by atoms with Crippen molar-refractivity contribution in [3.05, 3.63) is 69.3 Å². The van der Waals surface area contributed by atoms with Crippen LogP contribution in [0.5, 0.6) is 0 Å². The molecular formula is C15H14INO. The summed E-state index contributed by atoms with van der Waals surface area (Å²) in [4.78, 5) is 14.0. The van der Waals surface area contributed by atoms with Crippen LogP contribution in [-0.2, 0) is 6.54 Å². The first-order valence-electron chi connectivity index (χ1n) is 5.72. The number of hydrogen-bond acceptors (Lipinski definition) is 1. The van der Waals surface area contributed by atoms with Crippen LogP contribution in [0.1, 0.15) is 15.9 Å². The molecule has 0 aliphatic rings. The predicted octanol–water partition coefficient (Wildman–Crippen LogP) is 3.56. The van der Waals surface area contributed by atoms with E-state index in [2.05, 4.69) is 22.6 Å². The minimum absolute atomic E-state index is 0.0531. The highest BCUT2D eigenvalue weighted by Crippen LogP contribution is 2.11. The molecule has 2 aromatic rings. The molecule has 0 bridgehead atoms.